The van der Waals surface area contributed by atoms with E-state index in [2.05, 4.69) is 29.6 Å². The van der Waals surface area contributed by atoms with Gasteiger partial charge in [0, 0.05) is 18.1 Å². The number of carbonyl (C=O) groups excluding carboxylic acids is 1. The van der Waals surface area contributed by atoms with Crippen molar-refractivity contribution >= 4 is 11.6 Å². The molecule has 0 bridgehead atoms. The average molecular weight is 220 g/mol. The molecule has 3 heteroatoms. The summed E-state index contributed by atoms with van der Waals surface area (Å²) in [5.41, 5.74) is 3.86. The highest BCUT2D eigenvalue weighted by molar-refractivity contribution is 5.94. The van der Waals surface area contributed by atoms with Crippen molar-refractivity contribution in [3.63, 3.8) is 0 Å². The zero-order chi connectivity index (χ0) is 11.4. The van der Waals surface area contributed by atoms with E-state index in [-0.39, 0.29) is 5.91 Å². The first kappa shape index (κ1) is 11.4. The second-order valence-corrected chi connectivity index (χ2v) is 4.73. The maximum Gasteiger partial charge on any atom is 0.240 e. The summed E-state index contributed by atoms with van der Waals surface area (Å²) >= 11 is 0. The van der Waals surface area contributed by atoms with E-state index in [1.807, 2.05) is 0 Å². The van der Waals surface area contributed by atoms with E-state index in [0.29, 0.717) is 18.3 Å². The van der Waals surface area contributed by atoms with Gasteiger partial charge in [0.25, 0.3) is 0 Å². The number of hydrogen-bond acceptors (Lipinski definition) is 2. The van der Waals surface area contributed by atoms with Crippen molar-refractivity contribution in [2.24, 2.45) is 16.9 Å². The second-order valence-electron chi connectivity index (χ2n) is 4.73. The molecule has 0 aromatic heterocycles. The Hall–Kier alpha value is -1.12. The Morgan fingerprint density at radius 1 is 1.56 bits per heavy atom. The second kappa shape index (κ2) is 5.28. The summed E-state index contributed by atoms with van der Waals surface area (Å²) in [6.45, 7) is 2.14. The van der Waals surface area contributed by atoms with E-state index in [1.165, 1.54) is 5.71 Å². The third kappa shape index (κ3) is 2.52. The predicted octanol–water partition coefficient (Wildman–Crippen LogP) is 2.63. The standard InChI is InChI=1S/C13H20N2O/c1-2-3-4-8-13(16)15-14-12-9-10-6-5-7-11(10)12/h5-6,10-11H,2-4,7-9H2,1H3,(H,15,16)/b14-12-. The van der Waals surface area contributed by atoms with Gasteiger partial charge in [0.15, 0.2) is 0 Å². The molecule has 2 rings (SSSR count). The molecule has 1 saturated carbocycles. The molecule has 88 valence electrons. The normalized spacial score (nSPS) is 28.9. The summed E-state index contributed by atoms with van der Waals surface area (Å²) in [6, 6.07) is 0. The number of nitrogens with zero attached hydrogens (tertiary/aromatic N) is 1. The molecule has 1 fully saturated rings. The van der Waals surface area contributed by atoms with Crippen molar-refractivity contribution in [3.05, 3.63) is 12.2 Å². The average Bonchev–Trinajstić information content (AvgIpc) is 2.61. The molecule has 3 nitrogen and oxygen atoms in total. The van der Waals surface area contributed by atoms with Crippen molar-refractivity contribution in [2.45, 2.75) is 45.4 Å². The molecule has 1 amide bonds. The molecule has 1 N–H and O–H groups in total. The summed E-state index contributed by atoms with van der Waals surface area (Å²) in [5.74, 6) is 1.36. The number of carbonyl (C=O) groups is 1. The maximum absolute atomic E-state index is 11.4. The van der Waals surface area contributed by atoms with Crippen molar-refractivity contribution in [2.75, 3.05) is 0 Å². The molecule has 2 atom stereocenters. The first-order chi connectivity index (χ1) is 7.81. The lowest BCUT2D eigenvalue weighted by molar-refractivity contribution is -0.121. The van der Waals surface area contributed by atoms with Crippen molar-refractivity contribution in [1.82, 2.24) is 5.43 Å². The molecule has 0 radical (unpaired) electrons. The lowest BCUT2D eigenvalue weighted by Crippen LogP contribution is -2.35. The largest absolute Gasteiger partial charge is 0.273 e. The van der Waals surface area contributed by atoms with Crippen LogP contribution in [0.2, 0.25) is 0 Å². The van der Waals surface area contributed by atoms with Gasteiger partial charge in [-0.05, 0) is 25.2 Å². The summed E-state index contributed by atoms with van der Waals surface area (Å²) in [4.78, 5) is 11.4. The predicted molar refractivity (Wildman–Crippen MR) is 65.1 cm³/mol. The van der Waals surface area contributed by atoms with Crippen LogP contribution < -0.4 is 5.43 Å². The van der Waals surface area contributed by atoms with Gasteiger partial charge in [-0.15, -0.1) is 0 Å². The third-order valence-corrected chi connectivity index (χ3v) is 3.49. The third-order valence-electron chi connectivity index (χ3n) is 3.49. The van der Waals surface area contributed by atoms with E-state index in [1.54, 1.807) is 0 Å². The van der Waals surface area contributed by atoms with E-state index < -0.39 is 0 Å². The molecule has 2 aliphatic rings. The van der Waals surface area contributed by atoms with E-state index in [9.17, 15) is 4.79 Å². The monoisotopic (exact) mass is 220 g/mol. The topological polar surface area (TPSA) is 41.5 Å². The molecule has 0 heterocycles. The van der Waals surface area contributed by atoms with Gasteiger partial charge in [0.1, 0.15) is 0 Å². The van der Waals surface area contributed by atoms with E-state index in [4.69, 9.17) is 0 Å². The molecule has 0 saturated heterocycles. The quantitative estimate of drug-likeness (QED) is 0.432. The minimum Gasteiger partial charge on any atom is -0.273 e. The van der Waals surface area contributed by atoms with Crippen LogP contribution in [-0.2, 0) is 4.79 Å². The maximum atomic E-state index is 11.4. The van der Waals surface area contributed by atoms with Crippen molar-refractivity contribution in [3.8, 4) is 0 Å². The highest BCUT2D eigenvalue weighted by Crippen LogP contribution is 2.39. The number of allylic oxidation sites excluding steroid dienone is 2. The van der Waals surface area contributed by atoms with Crippen molar-refractivity contribution < 1.29 is 4.79 Å². The molecule has 2 unspecified atom stereocenters. The Balaban J connectivity index is 1.67. The van der Waals surface area contributed by atoms with Gasteiger partial charge < -0.3 is 0 Å². The fourth-order valence-electron chi connectivity index (χ4n) is 2.39. The molecule has 16 heavy (non-hydrogen) atoms. The van der Waals surface area contributed by atoms with Crippen LogP contribution in [0.15, 0.2) is 17.3 Å². The van der Waals surface area contributed by atoms with Crippen LogP contribution in [-0.4, -0.2) is 11.6 Å². The van der Waals surface area contributed by atoms with Gasteiger partial charge >= 0.3 is 0 Å². The van der Waals surface area contributed by atoms with Crippen LogP contribution in [0.5, 0.6) is 0 Å². The number of amides is 1. The molecule has 0 spiro atoms. The summed E-state index contributed by atoms with van der Waals surface area (Å²) < 4.78 is 0. The Bertz CT molecular complexity index is 320. The van der Waals surface area contributed by atoms with Crippen molar-refractivity contribution in [1.29, 1.82) is 0 Å². The number of hydrazone groups is 1. The first-order valence-corrected chi connectivity index (χ1v) is 6.33. The lowest BCUT2D eigenvalue weighted by atomic mass is 9.74. The highest BCUT2D eigenvalue weighted by Gasteiger charge is 2.37. The SMILES string of the molecule is CCCCCC(=O)N/N=C1/CC2C=CCC12. The van der Waals surface area contributed by atoms with Gasteiger partial charge in [-0.2, -0.15) is 5.10 Å². The fourth-order valence-corrected chi connectivity index (χ4v) is 2.39. The summed E-state index contributed by atoms with van der Waals surface area (Å²) in [5, 5.41) is 4.23. The van der Waals surface area contributed by atoms with Crippen LogP contribution >= 0.6 is 0 Å². The Morgan fingerprint density at radius 2 is 2.44 bits per heavy atom. The Morgan fingerprint density at radius 3 is 3.19 bits per heavy atom. The van der Waals surface area contributed by atoms with Crippen LogP contribution in [0, 0.1) is 11.8 Å². The van der Waals surface area contributed by atoms with Gasteiger partial charge in [-0.25, -0.2) is 5.43 Å². The van der Waals surface area contributed by atoms with Crippen LogP contribution in [0.4, 0.5) is 0 Å². The molecule has 0 aromatic carbocycles. The Labute approximate surface area is 97.0 Å². The number of hydrogen-bond donors (Lipinski definition) is 1. The minimum absolute atomic E-state index is 0.0651. The smallest absolute Gasteiger partial charge is 0.240 e. The molecular weight excluding hydrogens is 200 g/mol. The first-order valence-electron chi connectivity index (χ1n) is 6.33. The van der Waals surface area contributed by atoms with Crippen LogP contribution in [0.1, 0.15) is 45.4 Å². The summed E-state index contributed by atoms with van der Waals surface area (Å²) in [6.07, 6.45) is 10.5. The highest BCUT2D eigenvalue weighted by atomic mass is 16.2. The Kier molecular flexibility index (Phi) is 3.75. The number of fused-ring (bicyclic) bond motifs is 1. The number of rotatable bonds is 5. The van der Waals surface area contributed by atoms with Gasteiger partial charge in [-0.3, -0.25) is 4.79 Å². The molecule has 0 aromatic rings. The van der Waals surface area contributed by atoms with E-state index >= 15 is 0 Å². The fraction of sp³-hybridized carbons (Fsp3) is 0.692. The molecule has 0 aliphatic heterocycles. The van der Waals surface area contributed by atoms with Gasteiger partial charge in [0.2, 0.25) is 5.91 Å². The number of nitrogens with one attached hydrogen (secondary N) is 1. The molecule has 2 aliphatic carbocycles. The van der Waals surface area contributed by atoms with Crippen LogP contribution in [0.25, 0.3) is 0 Å². The van der Waals surface area contributed by atoms with Gasteiger partial charge in [-0.1, -0.05) is 31.9 Å². The van der Waals surface area contributed by atoms with E-state index in [0.717, 1.165) is 32.1 Å². The minimum atomic E-state index is 0.0651. The molecular formula is C13H20N2O. The number of unbranched alkanes of at least 4 members (excludes halogenated alkanes) is 2. The van der Waals surface area contributed by atoms with Crippen LogP contribution in [0.3, 0.4) is 0 Å². The van der Waals surface area contributed by atoms with Gasteiger partial charge in [0.05, 0.1) is 0 Å². The lowest BCUT2D eigenvalue weighted by Gasteiger charge is -2.31. The zero-order valence-electron chi connectivity index (χ0n) is 9.91. The zero-order valence-corrected chi connectivity index (χ0v) is 9.91. The summed E-state index contributed by atoms with van der Waals surface area (Å²) in [7, 11) is 0.